The van der Waals surface area contributed by atoms with E-state index in [0.29, 0.717) is 6.04 Å². The van der Waals surface area contributed by atoms with Crippen molar-refractivity contribution in [1.82, 2.24) is 5.32 Å². The van der Waals surface area contributed by atoms with Crippen molar-refractivity contribution in [2.45, 2.75) is 43.9 Å². The van der Waals surface area contributed by atoms with Crippen molar-refractivity contribution in [3.8, 4) is 0 Å². The van der Waals surface area contributed by atoms with Crippen LogP contribution < -0.4 is 5.32 Å². The topological polar surface area (TPSA) is 25.2 Å². The first-order valence-corrected chi connectivity index (χ1v) is 8.75. The number of hydrogen-bond donors (Lipinski definition) is 1. The average molecular weight is 289 g/mol. The zero-order chi connectivity index (χ0) is 13.8. The first-order chi connectivity index (χ1) is 9.86. The molecule has 108 valence electrons. The molecule has 1 fully saturated rings. The fourth-order valence-electron chi connectivity index (χ4n) is 2.95. The molecule has 1 atom stereocenters. The molecule has 2 aromatic rings. The lowest BCUT2D eigenvalue weighted by atomic mass is 10.2. The van der Waals surface area contributed by atoms with Crippen LogP contribution in [0.5, 0.6) is 0 Å². The third kappa shape index (κ3) is 3.21. The summed E-state index contributed by atoms with van der Waals surface area (Å²) in [5, 5.41) is 5.64. The smallest absolute Gasteiger partial charge is 0.134 e. The Bertz CT molecular complexity index is 512. The maximum Gasteiger partial charge on any atom is 0.134 e. The number of benzene rings is 1. The van der Waals surface area contributed by atoms with Crippen LogP contribution in [0.2, 0.25) is 0 Å². The Morgan fingerprint density at radius 2 is 2.10 bits per heavy atom. The fourth-order valence-corrected chi connectivity index (χ4v) is 4.36. The summed E-state index contributed by atoms with van der Waals surface area (Å²) in [5.41, 5.74) is 0.997. The molecule has 3 heteroatoms. The molecule has 1 unspecified atom stereocenters. The van der Waals surface area contributed by atoms with E-state index in [0.717, 1.165) is 28.9 Å². The number of fused-ring (bicyclic) bond motifs is 1. The minimum atomic E-state index is 0.331. The van der Waals surface area contributed by atoms with Crippen molar-refractivity contribution in [1.29, 1.82) is 0 Å². The van der Waals surface area contributed by atoms with Gasteiger partial charge >= 0.3 is 0 Å². The molecule has 0 amide bonds. The molecule has 3 rings (SSSR count). The van der Waals surface area contributed by atoms with Gasteiger partial charge in [-0.05, 0) is 31.5 Å². The Morgan fingerprint density at radius 3 is 2.85 bits per heavy atom. The Hall–Kier alpha value is -0.930. The summed E-state index contributed by atoms with van der Waals surface area (Å²) in [6.07, 6.45) is 5.61. The lowest BCUT2D eigenvalue weighted by Gasteiger charge is -2.17. The molecule has 0 saturated heterocycles. The van der Waals surface area contributed by atoms with Crippen molar-refractivity contribution < 1.29 is 4.42 Å². The van der Waals surface area contributed by atoms with E-state index in [2.05, 4.69) is 42.2 Å². The highest BCUT2D eigenvalue weighted by Crippen LogP contribution is 2.33. The number of furan rings is 1. The van der Waals surface area contributed by atoms with E-state index in [1.54, 1.807) is 0 Å². The van der Waals surface area contributed by atoms with Gasteiger partial charge in [-0.1, -0.05) is 38.0 Å². The SMILES string of the molecule is CCNC(CSC1CCCC1)c1cc2ccccc2o1. The number of rotatable bonds is 6. The molecule has 20 heavy (non-hydrogen) atoms. The second kappa shape index (κ2) is 6.68. The summed E-state index contributed by atoms with van der Waals surface area (Å²) in [5.74, 6) is 2.19. The highest BCUT2D eigenvalue weighted by molar-refractivity contribution is 7.99. The predicted molar refractivity (Wildman–Crippen MR) is 87.3 cm³/mol. The van der Waals surface area contributed by atoms with Gasteiger partial charge in [0, 0.05) is 16.4 Å². The summed E-state index contributed by atoms with van der Waals surface area (Å²) >= 11 is 2.11. The van der Waals surface area contributed by atoms with Gasteiger partial charge < -0.3 is 9.73 Å². The van der Waals surface area contributed by atoms with E-state index in [4.69, 9.17) is 4.42 Å². The Morgan fingerprint density at radius 1 is 1.30 bits per heavy atom. The lowest BCUT2D eigenvalue weighted by Crippen LogP contribution is -2.23. The van der Waals surface area contributed by atoms with Crippen LogP contribution >= 0.6 is 11.8 Å². The summed E-state index contributed by atoms with van der Waals surface area (Å²) in [7, 11) is 0. The average Bonchev–Trinajstić information content (AvgIpc) is 3.12. The molecule has 1 heterocycles. The molecule has 1 aliphatic carbocycles. The predicted octanol–water partition coefficient (Wildman–Crippen LogP) is 4.76. The number of thioether (sulfide) groups is 1. The molecule has 1 N–H and O–H groups in total. The van der Waals surface area contributed by atoms with Crippen molar-refractivity contribution in [2.75, 3.05) is 12.3 Å². The number of nitrogens with one attached hydrogen (secondary N) is 1. The molecule has 1 aliphatic rings. The van der Waals surface area contributed by atoms with Crippen molar-refractivity contribution in [3.63, 3.8) is 0 Å². The van der Waals surface area contributed by atoms with Crippen LogP contribution in [0.4, 0.5) is 0 Å². The van der Waals surface area contributed by atoms with Crippen LogP contribution in [0.1, 0.15) is 44.4 Å². The lowest BCUT2D eigenvalue weighted by molar-refractivity contribution is 0.463. The highest BCUT2D eigenvalue weighted by Gasteiger charge is 2.20. The summed E-state index contributed by atoms with van der Waals surface area (Å²) in [6.45, 7) is 3.14. The second-order valence-electron chi connectivity index (χ2n) is 5.54. The quantitative estimate of drug-likeness (QED) is 0.830. The van der Waals surface area contributed by atoms with Crippen LogP contribution in [0.3, 0.4) is 0 Å². The van der Waals surface area contributed by atoms with Gasteiger partial charge in [0.1, 0.15) is 11.3 Å². The van der Waals surface area contributed by atoms with Gasteiger partial charge in [0.25, 0.3) is 0 Å². The van der Waals surface area contributed by atoms with Gasteiger partial charge in [0.2, 0.25) is 0 Å². The van der Waals surface area contributed by atoms with E-state index in [-0.39, 0.29) is 0 Å². The van der Waals surface area contributed by atoms with E-state index in [1.165, 1.54) is 31.1 Å². The van der Waals surface area contributed by atoms with Gasteiger partial charge in [-0.25, -0.2) is 0 Å². The molecule has 0 spiro atoms. The highest BCUT2D eigenvalue weighted by atomic mass is 32.2. The van der Waals surface area contributed by atoms with Crippen molar-refractivity contribution >= 4 is 22.7 Å². The van der Waals surface area contributed by atoms with E-state index in [9.17, 15) is 0 Å². The Labute approximate surface area is 125 Å². The molecule has 0 radical (unpaired) electrons. The van der Waals surface area contributed by atoms with Gasteiger partial charge in [-0.3, -0.25) is 0 Å². The number of para-hydroxylation sites is 1. The molecule has 0 bridgehead atoms. The third-order valence-corrected chi connectivity index (χ3v) is 5.51. The molecule has 1 saturated carbocycles. The van der Waals surface area contributed by atoms with Crippen LogP contribution in [-0.4, -0.2) is 17.5 Å². The van der Waals surface area contributed by atoms with Gasteiger partial charge in [-0.2, -0.15) is 11.8 Å². The number of hydrogen-bond acceptors (Lipinski definition) is 3. The normalized spacial score (nSPS) is 17.9. The first-order valence-electron chi connectivity index (χ1n) is 7.70. The minimum absolute atomic E-state index is 0.331. The van der Waals surface area contributed by atoms with Crippen molar-refractivity contribution in [2.24, 2.45) is 0 Å². The molecule has 1 aromatic carbocycles. The van der Waals surface area contributed by atoms with Gasteiger partial charge in [0.15, 0.2) is 0 Å². The van der Waals surface area contributed by atoms with E-state index >= 15 is 0 Å². The maximum atomic E-state index is 6.02. The summed E-state index contributed by atoms with van der Waals surface area (Å²) in [6, 6.07) is 10.8. The Balaban J connectivity index is 1.71. The van der Waals surface area contributed by atoms with Gasteiger partial charge in [0.05, 0.1) is 6.04 Å². The van der Waals surface area contributed by atoms with Crippen LogP contribution in [0.25, 0.3) is 11.0 Å². The molecule has 2 nitrogen and oxygen atoms in total. The fraction of sp³-hybridized carbons (Fsp3) is 0.529. The molecular formula is C17H23NOS. The molecule has 1 aromatic heterocycles. The van der Waals surface area contributed by atoms with Crippen LogP contribution in [-0.2, 0) is 0 Å². The zero-order valence-corrected chi connectivity index (χ0v) is 12.9. The first kappa shape index (κ1) is 14.0. The molecule has 0 aliphatic heterocycles. The third-order valence-electron chi connectivity index (χ3n) is 4.04. The van der Waals surface area contributed by atoms with Crippen LogP contribution in [0, 0.1) is 0 Å². The standard InChI is InChI=1S/C17H23NOS/c1-2-18-15(12-20-14-8-4-5-9-14)17-11-13-7-3-6-10-16(13)19-17/h3,6-7,10-11,14-15,18H,2,4-5,8-9,12H2,1H3. The van der Waals surface area contributed by atoms with Crippen molar-refractivity contribution in [3.05, 3.63) is 36.1 Å². The van der Waals surface area contributed by atoms with E-state index in [1.807, 2.05) is 12.1 Å². The monoisotopic (exact) mass is 289 g/mol. The minimum Gasteiger partial charge on any atom is -0.459 e. The maximum absolute atomic E-state index is 6.02. The van der Waals surface area contributed by atoms with Crippen LogP contribution in [0.15, 0.2) is 34.7 Å². The zero-order valence-electron chi connectivity index (χ0n) is 12.1. The largest absolute Gasteiger partial charge is 0.459 e. The van der Waals surface area contributed by atoms with Gasteiger partial charge in [-0.15, -0.1) is 0 Å². The second-order valence-corrected chi connectivity index (χ2v) is 6.87. The summed E-state index contributed by atoms with van der Waals surface area (Å²) < 4.78 is 6.02. The molecular weight excluding hydrogens is 266 g/mol. The Kier molecular flexibility index (Phi) is 4.69. The summed E-state index contributed by atoms with van der Waals surface area (Å²) in [4.78, 5) is 0. The van der Waals surface area contributed by atoms with E-state index < -0.39 is 0 Å².